The van der Waals surface area contributed by atoms with Gasteiger partial charge in [0, 0.05) is 25.4 Å². The summed E-state index contributed by atoms with van der Waals surface area (Å²) in [5, 5.41) is 16.4. The molecule has 0 fully saturated rings. The highest BCUT2D eigenvalue weighted by atomic mass is 32.1. The molecule has 7 heteroatoms. The minimum atomic E-state index is -1.03. The van der Waals surface area contributed by atoms with Crippen LogP contribution >= 0.6 is 11.3 Å². The number of amides is 1. The summed E-state index contributed by atoms with van der Waals surface area (Å²) in [4.78, 5) is 24.9. The summed E-state index contributed by atoms with van der Waals surface area (Å²) in [6.45, 7) is 2.71. The van der Waals surface area contributed by atoms with Crippen LogP contribution in [0.25, 0.3) is 0 Å². The van der Waals surface area contributed by atoms with E-state index >= 15 is 0 Å². The Balaban J connectivity index is 2.21. The largest absolute Gasteiger partial charge is 0.476 e. The fourth-order valence-corrected chi connectivity index (χ4v) is 1.71. The molecule has 3 N–H and O–H groups in total. The van der Waals surface area contributed by atoms with E-state index in [0.29, 0.717) is 18.2 Å². The van der Waals surface area contributed by atoms with Crippen LogP contribution in [0, 0.1) is 0 Å². The van der Waals surface area contributed by atoms with Gasteiger partial charge in [-0.1, -0.05) is 0 Å². The number of anilines is 1. The van der Waals surface area contributed by atoms with Gasteiger partial charge in [-0.3, -0.25) is 4.79 Å². The van der Waals surface area contributed by atoms with Gasteiger partial charge in [-0.25, -0.2) is 9.78 Å². The van der Waals surface area contributed by atoms with Gasteiger partial charge in [0.2, 0.25) is 5.91 Å². The van der Waals surface area contributed by atoms with E-state index in [1.165, 1.54) is 23.6 Å². The smallest absolute Gasteiger partial charge is 0.355 e. The van der Waals surface area contributed by atoms with Crippen LogP contribution in [0.3, 0.4) is 0 Å². The highest BCUT2D eigenvalue weighted by Gasteiger charge is 2.07. The molecule has 0 saturated heterocycles. The molecule has 1 rings (SSSR count). The summed E-state index contributed by atoms with van der Waals surface area (Å²) in [6, 6.07) is 0. The maximum absolute atomic E-state index is 10.5. The monoisotopic (exact) mass is 243 g/mol. The standard InChI is InChI=1S/C9H13N3O3S/c1-6(13)10-3-2-4-11-9-12-7(5-16-9)8(14)15/h5H,2-4H2,1H3,(H,10,13)(H,11,12)(H,14,15). The average molecular weight is 243 g/mol. The lowest BCUT2D eigenvalue weighted by Crippen LogP contribution is -2.22. The summed E-state index contributed by atoms with van der Waals surface area (Å²) in [6.07, 6.45) is 0.765. The Hall–Kier alpha value is -1.63. The number of rotatable bonds is 6. The molecule has 1 heterocycles. The van der Waals surface area contributed by atoms with Crippen LogP contribution in [-0.4, -0.2) is 35.1 Å². The van der Waals surface area contributed by atoms with Gasteiger partial charge < -0.3 is 15.7 Å². The molecule has 0 unspecified atom stereocenters. The Morgan fingerprint density at radius 1 is 1.50 bits per heavy atom. The zero-order valence-corrected chi connectivity index (χ0v) is 9.63. The van der Waals surface area contributed by atoms with Crippen molar-refractivity contribution in [3.63, 3.8) is 0 Å². The molecule has 1 aromatic rings. The van der Waals surface area contributed by atoms with Crippen molar-refractivity contribution in [2.45, 2.75) is 13.3 Å². The minimum absolute atomic E-state index is 0.0503. The predicted molar refractivity (Wildman–Crippen MR) is 60.9 cm³/mol. The Labute approximate surface area is 96.7 Å². The fourth-order valence-electron chi connectivity index (χ4n) is 1.00. The zero-order chi connectivity index (χ0) is 12.0. The third-order valence-electron chi connectivity index (χ3n) is 1.73. The number of nitrogens with one attached hydrogen (secondary N) is 2. The van der Waals surface area contributed by atoms with Crippen molar-refractivity contribution in [3.05, 3.63) is 11.1 Å². The van der Waals surface area contributed by atoms with Gasteiger partial charge in [-0.2, -0.15) is 0 Å². The lowest BCUT2D eigenvalue weighted by molar-refractivity contribution is -0.118. The maximum atomic E-state index is 10.5. The molecule has 0 radical (unpaired) electrons. The highest BCUT2D eigenvalue weighted by Crippen LogP contribution is 2.14. The lowest BCUT2D eigenvalue weighted by atomic mass is 10.4. The third-order valence-corrected chi connectivity index (χ3v) is 2.53. The number of carbonyl (C=O) groups excluding carboxylic acids is 1. The van der Waals surface area contributed by atoms with Gasteiger partial charge in [0.15, 0.2) is 10.8 Å². The van der Waals surface area contributed by atoms with Gasteiger partial charge in [0.25, 0.3) is 0 Å². The third kappa shape index (κ3) is 4.26. The van der Waals surface area contributed by atoms with Crippen LogP contribution in [-0.2, 0) is 4.79 Å². The number of hydrogen-bond donors (Lipinski definition) is 3. The van der Waals surface area contributed by atoms with E-state index in [4.69, 9.17) is 5.11 Å². The summed E-state index contributed by atoms with van der Waals surface area (Å²) in [5.74, 6) is -1.08. The second-order valence-corrected chi connectivity index (χ2v) is 3.96. The molecule has 0 spiro atoms. The first kappa shape index (κ1) is 12.4. The van der Waals surface area contributed by atoms with Crippen LogP contribution in [0.5, 0.6) is 0 Å². The first-order chi connectivity index (χ1) is 7.59. The van der Waals surface area contributed by atoms with Crippen LogP contribution in [0.2, 0.25) is 0 Å². The van der Waals surface area contributed by atoms with Crippen molar-refractivity contribution in [2.75, 3.05) is 18.4 Å². The molecule has 16 heavy (non-hydrogen) atoms. The second kappa shape index (κ2) is 6.06. The van der Waals surface area contributed by atoms with Gasteiger partial charge in [0.1, 0.15) is 0 Å². The van der Waals surface area contributed by atoms with Gasteiger partial charge in [0.05, 0.1) is 0 Å². The number of carboxylic acid groups (broad SMARTS) is 1. The van der Waals surface area contributed by atoms with Crippen molar-refractivity contribution in [2.24, 2.45) is 0 Å². The molecule has 0 atom stereocenters. The molecule has 88 valence electrons. The Bertz CT molecular complexity index is 378. The van der Waals surface area contributed by atoms with Crippen LogP contribution < -0.4 is 10.6 Å². The number of carbonyl (C=O) groups is 2. The topological polar surface area (TPSA) is 91.3 Å². The van der Waals surface area contributed by atoms with Gasteiger partial charge in [-0.05, 0) is 6.42 Å². The Morgan fingerprint density at radius 3 is 2.81 bits per heavy atom. The van der Waals surface area contributed by atoms with Crippen molar-refractivity contribution in [1.29, 1.82) is 0 Å². The van der Waals surface area contributed by atoms with Crippen molar-refractivity contribution < 1.29 is 14.7 Å². The van der Waals surface area contributed by atoms with E-state index in [1.54, 1.807) is 0 Å². The van der Waals surface area contributed by atoms with Gasteiger partial charge in [-0.15, -0.1) is 11.3 Å². The molecule has 1 amide bonds. The summed E-state index contributed by atoms with van der Waals surface area (Å²) in [7, 11) is 0. The lowest BCUT2D eigenvalue weighted by Gasteiger charge is -2.02. The molecular weight excluding hydrogens is 230 g/mol. The second-order valence-electron chi connectivity index (χ2n) is 3.11. The zero-order valence-electron chi connectivity index (χ0n) is 8.82. The van der Waals surface area contributed by atoms with E-state index in [0.717, 1.165) is 6.42 Å². The summed E-state index contributed by atoms with van der Waals surface area (Å²) >= 11 is 1.25. The number of nitrogens with zero attached hydrogens (tertiary/aromatic N) is 1. The predicted octanol–water partition coefficient (Wildman–Crippen LogP) is 0.779. The summed E-state index contributed by atoms with van der Waals surface area (Å²) in [5.41, 5.74) is 0.0503. The van der Waals surface area contributed by atoms with E-state index < -0.39 is 5.97 Å². The molecule has 1 aromatic heterocycles. The SMILES string of the molecule is CC(=O)NCCCNc1nc(C(=O)O)cs1. The van der Waals surface area contributed by atoms with E-state index in [-0.39, 0.29) is 11.6 Å². The average Bonchev–Trinajstić information content (AvgIpc) is 2.65. The normalized spacial score (nSPS) is 9.81. The quantitative estimate of drug-likeness (QED) is 0.642. The maximum Gasteiger partial charge on any atom is 0.355 e. The van der Waals surface area contributed by atoms with Crippen molar-refractivity contribution in [1.82, 2.24) is 10.3 Å². The van der Waals surface area contributed by atoms with E-state index in [1.807, 2.05) is 0 Å². The number of hydrogen-bond acceptors (Lipinski definition) is 5. The minimum Gasteiger partial charge on any atom is -0.476 e. The van der Waals surface area contributed by atoms with E-state index in [2.05, 4.69) is 15.6 Å². The fraction of sp³-hybridized carbons (Fsp3) is 0.444. The Kier molecular flexibility index (Phi) is 4.71. The van der Waals surface area contributed by atoms with Crippen LogP contribution in [0.4, 0.5) is 5.13 Å². The number of aromatic carboxylic acids is 1. The van der Waals surface area contributed by atoms with Crippen molar-refractivity contribution in [3.8, 4) is 0 Å². The van der Waals surface area contributed by atoms with Gasteiger partial charge >= 0.3 is 5.97 Å². The highest BCUT2D eigenvalue weighted by molar-refractivity contribution is 7.13. The number of carboxylic acids is 1. The molecule has 0 aliphatic heterocycles. The summed E-state index contributed by atoms with van der Waals surface area (Å²) < 4.78 is 0. The molecular formula is C9H13N3O3S. The van der Waals surface area contributed by atoms with Crippen LogP contribution in [0.15, 0.2) is 5.38 Å². The van der Waals surface area contributed by atoms with E-state index in [9.17, 15) is 9.59 Å². The molecule has 0 aliphatic carbocycles. The van der Waals surface area contributed by atoms with Crippen molar-refractivity contribution >= 4 is 28.3 Å². The first-order valence-electron chi connectivity index (χ1n) is 4.76. The number of aromatic nitrogens is 1. The van der Waals surface area contributed by atoms with Crippen LogP contribution in [0.1, 0.15) is 23.8 Å². The molecule has 0 saturated carbocycles. The molecule has 6 nitrogen and oxygen atoms in total. The molecule has 0 aliphatic rings. The molecule has 0 aromatic carbocycles. The molecule has 0 bridgehead atoms. The first-order valence-corrected chi connectivity index (χ1v) is 5.64. The Morgan fingerprint density at radius 2 is 2.25 bits per heavy atom. The number of thiazole rings is 1.